The SMILES string of the molecule is CC(C)(C)OC(OC(OC(OC(C)(C)C)(C(C)(C)C)C(C)(C)C)(C(C)(C)C)C(C)(C)C)(C(C)(C)C)C(C)(C)C. The highest BCUT2D eigenvalue weighted by atomic mass is 16.8. The van der Waals surface area contributed by atoms with Gasteiger partial charge >= 0.3 is 0 Å². The van der Waals surface area contributed by atoms with E-state index in [2.05, 4.69) is 166 Å². The van der Waals surface area contributed by atoms with Crippen LogP contribution in [0.5, 0.6) is 0 Å². The van der Waals surface area contributed by atoms with E-state index in [9.17, 15) is 0 Å². The van der Waals surface area contributed by atoms with Crippen molar-refractivity contribution in [1.82, 2.24) is 0 Å². The van der Waals surface area contributed by atoms with Crippen LogP contribution in [0.2, 0.25) is 0 Å². The molecule has 0 aliphatic carbocycles. The second-order valence-corrected chi connectivity index (χ2v) is 20.0. The Hall–Kier alpha value is -0.160. The highest BCUT2D eigenvalue weighted by Crippen LogP contribution is 2.62. The minimum absolute atomic E-state index is 0.402. The maximum atomic E-state index is 7.80. The Labute approximate surface area is 246 Å². The van der Waals surface area contributed by atoms with Crippen molar-refractivity contribution in [1.29, 1.82) is 0 Å². The van der Waals surface area contributed by atoms with Gasteiger partial charge in [0.1, 0.15) is 0 Å². The first-order valence-electron chi connectivity index (χ1n) is 15.1. The van der Waals surface area contributed by atoms with E-state index in [1.807, 2.05) is 0 Å². The smallest absolute Gasteiger partial charge is 0.184 e. The zero-order valence-corrected chi connectivity index (χ0v) is 31.1. The summed E-state index contributed by atoms with van der Waals surface area (Å²) in [5.74, 6) is -3.19. The molecule has 236 valence electrons. The van der Waals surface area contributed by atoms with Crippen molar-refractivity contribution < 1.29 is 18.9 Å². The topological polar surface area (TPSA) is 36.9 Å². The lowest BCUT2D eigenvalue weighted by atomic mass is 9.65. The van der Waals surface area contributed by atoms with E-state index in [-0.39, 0.29) is 0 Å². The Kier molecular flexibility index (Phi) is 10.5. The molecule has 4 nitrogen and oxygen atoms in total. The van der Waals surface area contributed by atoms with E-state index in [0.29, 0.717) is 0 Å². The van der Waals surface area contributed by atoms with E-state index in [0.717, 1.165) is 0 Å². The first kappa shape index (κ1) is 38.8. The third kappa shape index (κ3) is 8.02. The molecule has 0 aromatic heterocycles. The first-order chi connectivity index (χ1) is 16.3. The molecule has 0 fully saturated rings. The molecule has 0 heterocycles. The Morgan fingerprint density at radius 2 is 0.333 bits per heavy atom. The molecule has 0 unspecified atom stereocenters. The fourth-order valence-corrected chi connectivity index (χ4v) is 6.54. The predicted molar refractivity (Wildman–Crippen MR) is 169 cm³/mol. The minimum atomic E-state index is -1.14. The lowest BCUT2D eigenvalue weighted by Gasteiger charge is -2.66. The van der Waals surface area contributed by atoms with E-state index >= 15 is 0 Å². The maximum Gasteiger partial charge on any atom is 0.184 e. The van der Waals surface area contributed by atoms with Gasteiger partial charge in [0.05, 0.1) is 11.2 Å². The van der Waals surface area contributed by atoms with E-state index in [1.54, 1.807) is 0 Å². The van der Waals surface area contributed by atoms with Crippen molar-refractivity contribution in [2.75, 3.05) is 0 Å². The van der Waals surface area contributed by atoms with Crippen molar-refractivity contribution in [3.8, 4) is 0 Å². The summed E-state index contributed by atoms with van der Waals surface area (Å²) >= 11 is 0. The van der Waals surface area contributed by atoms with Gasteiger partial charge in [-0.2, -0.15) is 0 Å². The molecule has 0 N–H and O–H groups in total. The Bertz CT molecular complexity index is 697. The Morgan fingerprint density at radius 3 is 0.436 bits per heavy atom. The summed E-state index contributed by atoms with van der Waals surface area (Å²) in [7, 11) is 0. The van der Waals surface area contributed by atoms with Gasteiger partial charge in [0.2, 0.25) is 0 Å². The van der Waals surface area contributed by atoms with Crippen molar-refractivity contribution in [2.24, 2.45) is 32.5 Å². The van der Waals surface area contributed by atoms with E-state index in [4.69, 9.17) is 18.9 Å². The molecule has 0 amide bonds. The van der Waals surface area contributed by atoms with Crippen LogP contribution in [0.4, 0.5) is 0 Å². The molecule has 0 saturated carbocycles. The molecule has 0 saturated heterocycles. The van der Waals surface area contributed by atoms with Crippen molar-refractivity contribution in [3.05, 3.63) is 0 Å². The second kappa shape index (κ2) is 10.5. The first-order valence-corrected chi connectivity index (χ1v) is 15.1. The number of ether oxygens (including phenoxy) is 4. The summed E-state index contributed by atoms with van der Waals surface area (Å²) < 4.78 is 29.9. The largest absolute Gasteiger partial charge is 0.343 e. The second-order valence-electron chi connectivity index (χ2n) is 20.0. The summed E-state index contributed by atoms with van der Waals surface area (Å²) in [5, 5.41) is 0. The van der Waals surface area contributed by atoms with Crippen LogP contribution < -0.4 is 0 Å². The average Bonchev–Trinajstić information content (AvgIpc) is 2.50. The van der Waals surface area contributed by atoms with Gasteiger partial charge < -0.3 is 18.9 Å². The van der Waals surface area contributed by atoms with Gasteiger partial charge in [0.25, 0.3) is 0 Å². The van der Waals surface area contributed by atoms with Crippen LogP contribution in [0.25, 0.3) is 0 Å². The maximum absolute atomic E-state index is 7.80. The summed E-state index contributed by atoms with van der Waals surface area (Å²) in [4.78, 5) is 0. The molecule has 0 radical (unpaired) electrons. The number of rotatable bonds is 6. The van der Waals surface area contributed by atoms with Gasteiger partial charge in [-0.15, -0.1) is 0 Å². The molecule has 0 aromatic rings. The highest BCUT2D eigenvalue weighted by molar-refractivity contribution is 5.06. The highest BCUT2D eigenvalue weighted by Gasteiger charge is 2.69. The quantitative estimate of drug-likeness (QED) is 0.305. The molecule has 0 aliphatic heterocycles. The van der Waals surface area contributed by atoms with Crippen LogP contribution in [-0.2, 0) is 18.9 Å². The molecular weight excluding hydrogens is 484 g/mol. The molecule has 4 heteroatoms. The molecule has 0 spiro atoms. The monoisotopic (exact) mass is 557 g/mol. The molecule has 39 heavy (non-hydrogen) atoms. The summed E-state index contributed by atoms with van der Waals surface area (Å²) in [6.45, 7) is 52.5. The normalized spacial score (nSPS) is 16.6. The molecule has 0 bridgehead atoms. The summed E-state index contributed by atoms with van der Waals surface area (Å²) in [6.07, 6.45) is 0. The molecule has 0 atom stereocenters. The van der Waals surface area contributed by atoms with Gasteiger partial charge in [0.15, 0.2) is 17.4 Å². The van der Waals surface area contributed by atoms with Crippen LogP contribution in [0, 0.1) is 32.5 Å². The zero-order chi connectivity index (χ0) is 32.3. The van der Waals surface area contributed by atoms with E-state index in [1.165, 1.54) is 0 Å². The number of hydrogen-bond acceptors (Lipinski definition) is 4. The Balaban J connectivity index is 8.25. The summed E-state index contributed by atoms with van der Waals surface area (Å²) in [6, 6.07) is 0. The molecule has 0 rings (SSSR count). The lowest BCUT2D eigenvalue weighted by Crippen LogP contribution is -2.73. The standard InChI is InChI=1S/C35H72O4/c1-25(2,3)33(26(4,5)6,36-31(19,20)21)38-35(29(13,14)15,30(16,17)18)39-34(27(7,8)9,28(10,11)12)37-32(22,23)24/h1-24H3. The minimum Gasteiger partial charge on any atom is -0.343 e. The molecule has 0 aliphatic rings. The third-order valence-corrected chi connectivity index (χ3v) is 7.40. The van der Waals surface area contributed by atoms with Crippen molar-refractivity contribution in [3.63, 3.8) is 0 Å². The fraction of sp³-hybridized carbons (Fsp3) is 1.00. The van der Waals surface area contributed by atoms with Crippen LogP contribution in [0.3, 0.4) is 0 Å². The van der Waals surface area contributed by atoms with Crippen LogP contribution in [0.15, 0.2) is 0 Å². The predicted octanol–water partition coefficient (Wildman–Crippen LogP) is 11.0. The van der Waals surface area contributed by atoms with Crippen LogP contribution >= 0.6 is 0 Å². The van der Waals surface area contributed by atoms with E-state index < -0.39 is 61.1 Å². The van der Waals surface area contributed by atoms with Crippen molar-refractivity contribution >= 4 is 0 Å². The Morgan fingerprint density at radius 1 is 0.205 bits per heavy atom. The summed E-state index contributed by atoms with van der Waals surface area (Å²) in [5.41, 5.74) is -3.48. The van der Waals surface area contributed by atoms with Crippen LogP contribution in [-0.4, -0.2) is 28.6 Å². The van der Waals surface area contributed by atoms with Gasteiger partial charge in [-0.05, 0) is 41.5 Å². The number of hydrogen-bond donors (Lipinski definition) is 0. The zero-order valence-electron chi connectivity index (χ0n) is 31.1. The van der Waals surface area contributed by atoms with Gasteiger partial charge in [-0.25, -0.2) is 0 Å². The third-order valence-electron chi connectivity index (χ3n) is 7.40. The molecular formula is C35H72O4. The van der Waals surface area contributed by atoms with Gasteiger partial charge in [0, 0.05) is 32.5 Å². The van der Waals surface area contributed by atoms with Crippen molar-refractivity contribution in [2.45, 2.75) is 195 Å². The molecule has 0 aromatic carbocycles. The van der Waals surface area contributed by atoms with Gasteiger partial charge in [-0.1, -0.05) is 125 Å². The lowest BCUT2D eigenvalue weighted by molar-refractivity contribution is -0.525. The fourth-order valence-electron chi connectivity index (χ4n) is 6.54. The van der Waals surface area contributed by atoms with Crippen LogP contribution in [0.1, 0.15) is 166 Å². The van der Waals surface area contributed by atoms with Gasteiger partial charge in [-0.3, -0.25) is 0 Å². The average molecular weight is 557 g/mol.